The van der Waals surface area contributed by atoms with Crippen LogP contribution in [0.4, 0.5) is 0 Å². The SMILES string of the molecule is C=C=C=CC12OC1O2. The fourth-order valence-corrected chi connectivity index (χ4v) is 0.563. The summed E-state index contributed by atoms with van der Waals surface area (Å²) in [5.74, 6) is -0.370. The molecular formula is C6H4O2. The number of rotatable bonds is 1. The van der Waals surface area contributed by atoms with Crippen molar-refractivity contribution in [3.63, 3.8) is 0 Å². The molecule has 2 heterocycles. The molecule has 0 aliphatic carbocycles. The van der Waals surface area contributed by atoms with Crippen LogP contribution in [0.25, 0.3) is 0 Å². The van der Waals surface area contributed by atoms with Crippen LogP contribution in [-0.2, 0) is 9.47 Å². The molecule has 2 nitrogen and oxygen atoms in total. The number of ether oxygens (including phenoxy) is 2. The second-order valence-corrected chi connectivity index (χ2v) is 1.75. The molecule has 0 saturated carbocycles. The van der Waals surface area contributed by atoms with Crippen molar-refractivity contribution >= 4 is 0 Å². The summed E-state index contributed by atoms with van der Waals surface area (Å²) in [7, 11) is 0. The molecule has 0 atom stereocenters. The van der Waals surface area contributed by atoms with E-state index in [1.54, 1.807) is 6.08 Å². The van der Waals surface area contributed by atoms with Gasteiger partial charge in [0, 0.05) is 6.08 Å². The molecule has 0 unspecified atom stereocenters. The second kappa shape index (κ2) is 0.970. The van der Waals surface area contributed by atoms with Crippen molar-refractivity contribution < 1.29 is 9.47 Å². The van der Waals surface area contributed by atoms with Crippen molar-refractivity contribution in [2.45, 2.75) is 12.1 Å². The van der Waals surface area contributed by atoms with Crippen LogP contribution < -0.4 is 0 Å². The zero-order valence-corrected chi connectivity index (χ0v) is 4.18. The van der Waals surface area contributed by atoms with E-state index < -0.39 is 0 Å². The van der Waals surface area contributed by atoms with Crippen LogP contribution in [0.5, 0.6) is 0 Å². The van der Waals surface area contributed by atoms with E-state index in [0.717, 1.165) is 0 Å². The minimum absolute atomic E-state index is 0.0309. The molecule has 40 valence electrons. The third kappa shape index (κ3) is 0.353. The van der Waals surface area contributed by atoms with Gasteiger partial charge in [-0.05, 0) is 6.58 Å². The van der Waals surface area contributed by atoms with E-state index in [1.165, 1.54) is 0 Å². The first kappa shape index (κ1) is 4.13. The van der Waals surface area contributed by atoms with Gasteiger partial charge in [-0.1, -0.05) is 11.5 Å². The lowest BCUT2D eigenvalue weighted by molar-refractivity contribution is -0.0261. The van der Waals surface area contributed by atoms with Gasteiger partial charge >= 0.3 is 0 Å². The van der Waals surface area contributed by atoms with Crippen LogP contribution >= 0.6 is 0 Å². The Labute approximate surface area is 46.7 Å². The van der Waals surface area contributed by atoms with Gasteiger partial charge in [0.1, 0.15) is 0 Å². The summed E-state index contributed by atoms with van der Waals surface area (Å²) < 4.78 is 9.77. The van der Waals surface area contributed by atoms with Crippen LogP contribution in [0.1, 0.15) is 0 Å². The van der Waals surface area contributed by atoms with Crippen LogP contribution in [0.15, 0.2) is 24.1 Å². The third-order valence-electron chi connectivity index (χ3n) is 1.17. The first-order valence-corrected chi connectivity index (χ1v) is 2.35. The molecule has 2 saturated heterocycles. The van der Waals surface area contributed by atoms with Gasteiger partial charge in [0.05, 0.1) is 0 Å². The maximum atomic E-state index is 4.89. The average Bonchev–Trinajstić information content (AvgIpc) is 2.45. The number of hydrogen-bond donors (Lipinski definition) is 0. The van der Waals surface area contributed by atoms with Crippen molar-refractivity contribution in [1.29, 1.82) is 0 Å². The number of fused-ring (bicyclic) bond motifs is 1. The van der Waals surface area contributed by atoms with E-state index in [1.807, 2.05) is 0 Å². The molecule has 0 radical (unpaired) electrons. The predicted octanol–water partition coefficient (Wildman–Crippen LogP) is 0.565. The first-order chi connectivity index (χ1) is 3.87. The fraction of sp³-hybridized carbons (Fsp3) is 0.333. The summed E-state index contributed by atoms with van der Waals surface area (Å²) in [6.45, 7) is 3.33. The highest BCUT2D eigenvalue weighted by Crippen LogP contribution is 2.56. The van der Waals surface area contributed by atoms with Gasteiger partial charge in [-0.25, -0.2) is 0 Å². The molecule has 2 rings (SSSR count). The van der Waals surface area contributed by atoms with E-state index in [-0.39, 0.29) is 12.1 Å². The molecule has 2 fully saturated rings. The summed E-state index contributed by atoms with van der Waals surface area (Å²) in [5.41, 5.74) is 5.13. The normalized spacial score (nSPS) is 45.8. The second-order valence-electron chi connectivity index (χ2n) is 1.75. The van der Waals surface area contributed by atoms with Crippen LogP contribution in [0.3, 0.4) is 0 Å². The highest BCUT2D eigenvalue weighted by atomic mass is 17.0. The summed E-state index contributed by atoms with van der Waals surface area (Å²) in [6, 6.07) is 0. The summed E-state index contributed by atoms with van der Waals surface area (Å²) in [5, 5.41) is 0. The van der Waals surface area contributed by atoms with Gasteiger partial charge in [0.2, 0.25) is 6.29 Å². The zero-order chi connectivity index (χ0) is 5.61. The van der Waals surface area contributed by atoms with Crippen molar-refractivity contribution in [3.8, 4) is 0 Å². The van der Waals surface area contributed by atoms with Gasteiger partial charge < -0.3 is 9.47 Å². The van der Waals surface area contributed by atoms with Crippen LogP contribution in [-0.4, -0.2) is 12.1 Å². The molecule has 0 N–H and O–H groups in total. The van der Waals surface area contributed by atoms with Gasteiger partial charge in [0.15, 0.2) is 0 Å². The molecule has 2 aliphatic rings. The largest absolute Gasteiger partial charge is 0.306 e. The maximum absolute atomic E-state index is 4.89. The molecular weight excluding hydrogens is 104 g/mol. The molecule has 2 aliphatic heterocycles. The molecule has 0 bridgehead atoms. The van der Waals surface area contributed by atoms with Crippen molar-refractivity contribution in [2.75, 3.05) is 0 Å². The monoisotopic (exact) mass is 108 g/mol. The smallest absolute Gasteiger partial charge is 0.254 e. The Hall–Kier alpha value is -0.780. The third-order valence-corrected chi connectivity index (χ3v) is 1.17. The molecule has 8 heavy (non-hydrogen) atoms. The minimum atomic E-state index is -0.370. The number of epoxide rings is 2. The molecule has 2 heteroatoms. The van der Waals surface area contributed by atoms with E-state index in [4.69, 9.17) is 9.47 Å². The Kier molecular flexibility index (Phi) is 0.501. The summed E-state index contributed by atoms with van der Waals surface area (Å²) >= 11 is 0. The Morgan fingerprint density at radius 3 is 2.62 bits per heavy atom. The average molecular weight is 108 g/mol. The maximum Gasteiger partial charge on any atom is 0.254 e. The van der Waals surface area contributed by atoms with E-state index in [9.17, 15) is 0 Å². The van der Waals surface area contributed by atoms with Gasteiger partial charge in [-0.2, -0.15) is 0 Å². The molecule has 0 aromatic carbocycles. The summed E-state index contributed by atoms with van der Waals surface area (Å²) in [6.07, 6.45) is 1.72. The predicted molar refractivity (Wildman–Crippen MR) is 25.9 cm³/mol. The van der Waals surface area contributed by atoms with E-state index in [2.05, 4.69) is 18.0 Å². The number of hydrogen-bond acceptors (Lipinski definition) is 2. The lowest BCUT2D eigenvalue weighted by atomic mass is 10.4. The zero-order valence-electron chi connectivity index (χ0n) is 4.18. The molecule has 0 aromatic rings. The molecule has 0 aromatic heterocycles. The Balaban J connectivity index is 2.20. The summed E-state index contributed by atoms with van der Waals surface area (Å²) in [4.78, 5) is 0. The standard InChI is InChI=1S/C6H4O2/c1-2-3-4-6-5(7-6)8-6/h4-5H,1H2. The fourth-order valence-electron chi connectivity index (χ4n) is 0.563. The van der Waals surface area contributed by atoms with Crippen molar-refractivity contribution in [2.24, 2.45) is 0 Å². The Morgan fingerprint density at radius 2 is 2.25 bits per heavy atom. The van der Waals surface area contributed by atoms with Crippen LogP contribution in [0, 0.1) is 0 Å². The lowest BCUT2D eigenvalue weighted by Gasteiger charge is -1.84. The molecule has 0 spiro atoms. The van der Waals surface area contributed by atoms with E-state index in [0.29, 0.717) is 0 Å². The minimum Gasteiger partial charge on any atom is -0.306 e. The Morgan fingerprint density at radius 1 is 1.62 bits per heavy atom. The van der Waals surface area contributed by atoms with Gasteiger partial charge in [0.25, 0.3) is 5.79 Å². The highest BCUT2D eigenvalue weighted by Gasteiger charge is 2.76. The highest BCUT2D eigenvalue weighted by molar-refractivity contribution is 5.16. The van der Waals surface area contributed by atoms with Gasteiger partial charge in [-0.3, -0.25) is 0 Å². The van der Waals surface area contributed by atoms with Crippen LogP contribution in [0.2, 0.25) is 0 Å². The molecule has 0 amide bonds. The van der Waals surface area contributed by atoms with Crippen molar-refractivity contribution in [3.05, 3.63) is 24.1 Å². The van der Waals surface area contributed by atoms with E-state index >= 15 is 0 Å². The Bertz CT molecular complexity index is 201. The topological polar surface area (TPSA) is 25.1 Å². The van der Waals surface area contributed by atoms with Crippen molar-refractivity contribution in [1.82, 2.24) is 0 Å². The lowest BCUT2D eigenvalue weighted by Crippen LogP contribution is -1.89. The quantitative estimate of drug-likeness (QED) is 0.362. The first-order valence-electron chi connectivity index (χ1n) is 2.35. The van der Waals surface area contributed by atoms with Gasteiger partial charge in [-0.15, -0.1) is 0 Å².